The van der Waals surface area contributed by atoms with Crippen LogP contribution >= 0.6 is 0 Å². The molecule has 0 aliphatic rings. The van der Waals surface area contributed by atoms with Crippen molar-refractivity contribution >= 4 is 92.9 Å². The van der Waals surface area contributed by atoms with E-state index in [0.29, 0.717) is 0 Å². The number of para-hydroxylation sites is 6. The predicted octanol–water partition coefficient (Wildman–Crippen LogP) is 17.8. The van der Waals surface area contributed by atoms with E-state index in [2.05, 4.69) is 244 Å². The van der Waals surface area contributed by atoms with Gasteiger partial charge in [0.05, 0.1) is 22.1 Å². The van der Waals surface area contributed by atoms with Crippen LogP contribution < -0.4 is 5.73 Å². The fourth-order valence-corrected chi connectivity index (χ4v) is 11.5. The van der Waals surface area contributed by atoms with Gasteiger partial charge in [0.15, 0.2) is 0 Å². The molecule has 11 aromatic carbocycles. The van der Waals surface area contributed by atoms with Gasteiger partial charge in [-0.1, -0.05) is 164 Å². The number of nitrogen functional groups attached to an aromatic ring is 1. The summed E-state index contributed by atoms with van der Waals surface area (Å²) in [6.07, 6.45) is 0. The number of nitrogens with two attached hydrogens (primary N) is 1. The van der Waals surface area contributed by atoms with Crippen molar-refractivity contribution in [3.05, 3.63) is 224 Å². The molecular weight excluding hydrogens is 863 g/mol. The number of aromatic nitrogens is 4. The van der Waals surface area contributed by atoms with Gasteiger partial charge in [-0.2, -0.15) is 0 Å². The third-order valence-electron chi connectivity index (χ3n) is 15.0. The second kappa shape index (κ2) is 15.2. The first-order valence-electron chi connectivity index (χ1n) is 24.3. The lowest BCUT2D eigenvalue weighted by Crippen LogP contribution is -1.94. The van der Waals surface area contributed by atoms with Gasteiger partial charge >= 0.3 is 0 Å². The van der Waals surface area contributed by atoms with E-state index in [9.17, 15) is 0 Å². The van der Waals surface area contributed by atoms with E-state index in [4.69, 9.17) is 5.73 Å². The van der Waals surface area contributed by atoms with Crippen LogP contribution in [0.15, 0.2) is 224 Å². The van der Waals surface area contributed by atoms with E-state index in [1.165, 1.54) is 60.0 Å². The Kier molecular flexibility index (Phi) is 8.45. The van der Waals surface area contributed by atoms with E-state index in [-0.39, 0.29) is 0 Å². The topological polar surface area (TPSA) is 89.2 Å². The normalized spacial score (nSPS) is 12.0. The molecule has 0 fully saturated rings. The molecule has 15 rings (SSSR count). The Morgan fingerprint density at radius 2 is 0.549 bits per heavy atom. The van der Waals surface area contributed by atoms with Crippen LogP contribution in [0.3, 0.4) is 0 Å². The summed E-state index contributed by atoms with van der Waals surface area (Å²) in [4.78, 5) is 15.0. The van der Waals surface area contributed by atoms with Gasteiger partial charge in [-0.15, -0.1) is 0 Å². The van der Waals surface area contributed by atoms with Crippen molar-refractivity contribution < 1.29 is 0 Å². The Bertz CT molecular complexity index is 4640. The molecule has 0 spiro atoms. The molecular formula is C66H43N5. The maximum atomic E-state index is 7.12. The Hall–Kier alpha value is -9.58. The van der Waals surface area contributed by atoms with Crippen LogP contribution in [0, 0.1) is 0 Å². The number of aromatic amines is 4. The Morgan fingerprint density at radius 1 is 0.211 bits per heavy atom. The average Bonchev–Trinajstić information content (AvgIpc) is 4.21. The van der Waals surface area contributed by atoms with Crippen molar-refractivity contribution in [1.29, 1.82) is 0 Å². The zero-order valence-electron chi connectivity index (χ0n) is 38.4. The summed E-state index contributed by atoms with van der Waals surface area (Å²) in [6.45, 7) is 0. The van der Waals surface area contributed by atoms with Crippen molar-refractivity contribution in [1.82, 2.24) is 19.9 Å². The minimum atomic E-state index is 0.720. The minimum absolute atomic E-state index is 0.720. The van der Waals surface area contributed by atoms with E-state index in [1.54, 1.807) is 0 Å². The summed E-state index contributed by atoms with van der Waals surface area (Å²) < 4.78 is 0. The second-order valence-electron chi connectivity index (χ2n) is 19.0. The second-order valence-corrected chi connectivity index (χ2v) is 19.0. The first kappa shape index (κ1) is 39.4. The first-order chi connectivity index (χ1) is 35.1. The summed E-state index contributed by atoms with van der Waals surface area (Å²) >= 11 is 0. The number of hydrogen-bond acceptors (Lipinski definition) is 1. The van der Waals surface area contributed by atoms with Crippen molar-refractivity contribution in [3.63, 3.8) is 0 Å². The summed E-state index contributed by atoms with van der Waals surface area (Å²) in [7, 11) is 0. The van der Waals surface area contributed by atoms with Gasteiger partial charge in [-0.05, 0) is 99.6 Å². The number of H-pyrrole nitrogens is 4. The quantitative estimate of drug-likeness (QED) is 0.106. The van der Waals surface area contributed by atoms with E-state index in [1.807, 2.05) is 0 Å². The first-order valence-corrected chi connectivity index (χ1v) is 24.3. The highest BCUT2D eigenvalue weighted by Crippen LogP contribution is 2.44. The van der Waals surface area contributed by atoms with Crippen LogP contribution in [0.1, 0.15) is 0 Å². The number of benzene rings is 11. The predicted molar refractivity (Wildman–Crippen MR) is 301 cm³/mol. The Morgan fingerprint density at radius 3 is 1.01 bits per heavy atom. The number of nitrogens with one attached hydrogen (secondary N) is 4. The van der Waals surface area contributed by atoms with Gasteiger partial charge in [0.25, 0.3) is 0 Å². The van der Waals surface area contributed by atoms with Crippen LogP contribution in [-0.2, 0) is 0 Å². The maximum absolute atomic E-state index is 7.12. The molecule has 0 aliphatic carbocycles. The standard InChI is InChI=1S/C66H43N5/c67-58-32-31-42(53-34-43(35-55-49-13-3-7-21-61(49)70-65(53)55)38-23-27-40(28-24-38)45-15-9-17-51-47-11-1-5-19-59(47)68-63(45)51)33-54(58)57-37-44(36-56-50-14-4-8-22-62(50)71-66(56)57)39-25-29-41(30-26-39)46-16-10-18-52-48-12-2-6-20-60(48)69-64(46)52/h1-37,68-71H,67H2. The Labute approximate surface area is 407 Å². The van der Waals surface area contributed by atoms with Crippen molar-refractivity contribution in [2.24, 2.45) is 0 Å². The lowest BCUT2D eigenvalue weighted by atomic mass is 9.90. The number of anilines is 1. The summed E-state index contributed by atoms with van der Waals surface area (Å²) in [5.74, 6) is 0. The molecule has 15 aromatic rings. The van der Waals surface area contributed by atoms with Crippen LogP contribution in [-0.4, -0.2) is 19.9 Å². The zero-order chi connectivity index (χ0) is 46.7. The van der Waals surface area contributed by atoms with Crippen molar-refractivity contribution in [2.45, 2.75) is 0 Å². The van der Waals surface area contributed by atoms with Gasteiger partial charge < -0.3 is 25.7 Å². The van der Waals surface area contributed by atoms with E-state index in [0.717, 1.165) is 99.7 Å². The molecule has 5 nitrogen and oxygen atoms in total. The molecule has 0 bridgehead atoms. The summed E-state index contributed by atoms with van der Waals surface area (Å²) in [5, 5.41) is 9.67. The van der Waals surface area contributed by atoms with Crippen molar-refractivity contribution in [3.8, 4) is 66.8 Å². The lowest BCUT2D eigenvalue weighted by molar-refractivity contribution is 1.51. The van der Waals surface area contributed by atoms with Gasteiger partial charge in [-0.25, -0.2) is 0 Å². The van der Waals surface area contributed by atoms with Crippen LogP contribution in [0.5, 0.6) is 0 Å². The highest BCUT2D eigenvalue weighted by atomic mass is 14.7. The van der Waals surface area contributed by atoms with Crippen LogP contribution in [0.25, 0.3) is 154 Å². The highest BCUT2D eigenvalue weighted by Gasteiger charge is 2.20. The molecule has 4 aromatic heterocycles. The molecule has 4 heterocycles. The fourth-order valence-electron chi connectivity index (χ4n) is 11.5. The summed E-state index contributed by atoms with van der Waals surface area (Å²) in [6, 6.07) is 81.3. The molecule has 0 unspecified atom stereocenters. The Balaban J connectivity index is 0.865. The molecule has 0 amide bonds. The molecule has 0 saturated heterocycles. The van der Waals surface area contributed by atoms with Gasteiger partial charge in [0.2, 0.25) is 0 Å². The molecule has 5 heteroatoms. The molecule has 332 valence electrons. The molecule has 0 saturated carbocycles. The monoisotopic (exact) mass is 905 g/mol. The highest BCUT2D eigenvalue weighted by molar-refractivity contribution is 6.17. The molecule has 71 heavy (non-hydrogen) atoms. The van der Waals surface area contributed by atoms with Crippen molar-refractivity contribution in [2.75, 3.05) is 5.73 Å². The van der Waals surface area contributed by atoms with Crippen LogP contribution in [0.4, 0.5) is 5.69 Å². The SMILES string of the molecule is Nc1ccc(-c2cc(-c3ccc(-c4cccc5c4[nH]c4ccccc45)cc3)cc3c2[nH]c2ccccc23)cc1-c1cc(-c2ccc(-c3cccc4c3[nH]c3ccccc34)cc2)cc2c1[nH]c1ccccc12. The smallest absolute Gasteiger partial charge is 0.0545 e. The number of fused-ring (bicyclic) bond motifs is 12. The third kappa shape index (κ3) is 6.13. The number of rotatable bonds is 6. The summed E-state index contributed by atoms with van der Waals surface area (Å²) in [5.41, 5.74) is 30.3. The molecule has 0 atom stereocenters. The molecule has 0 aliphatic heterocycles. The maximum Gasteiger partial charge on any atom is 0.0545 e. The van der Waals surface area contributed by atoms with Gasteiger partial charge in [0, 0.05) is 98.7 Å². The van der Waals surface area contributed by atoms with Gasteiger partial charge in [-0.3, -0.25) is 0 Å². The molecule has 0 radical (unpaired) electrons. The van der Waals surface area contributed by atoms with E-state index < -0.39 is 0 Å². The largest absolute Gasteiger partial charge is 0.398 e. The third-order valence-corrected chi connectivity index (χ3v) is 15.0. The van der Waals surface area contributed by atoms with E-state index >= 15 is 0 Å². The zero-order valence-corrected chi connectivity index (χ0v) is 38.4. The molecule has 6 N–H and O–H groups in total. The fraction of sp³-hybridized carbons (Fsp3) is 0. The minimum Gasteiger partial charge on any atom is -0.398 e. The van der Waals surface area contributed by atoms with Gasteiger partial charge in [0.1, 0.15) is 0 Å². The lowest BCUT2D eigenvalue weighted by Gasteiger charge is -2.15. The van der Waals surface area contributed by atoms with Crippen LogP contribution in [0.2, 0.25) is 0 Å². The number of hydrogen-bond donors (Lipinski definition) is 5. The average molecular weight is 906 g/mol.